The van der Waals surface area contributed by atoms with Gasteiger partial charge in [-0.3, -0.25) is 9.36 Å². The first-order valence-electron chi connectivity index (χ1n) is 13.9. The molecule has 0 saturated heterocycles. The van der Waals surface area contributed by atoms with E-state index >= 15 is 0 Å². The third-order valence-electron chi connectivity index (χ3n) is 6.77. The maximum Gasteiger partial charge on any atom is 0.343 e. The minimum atomic E-state index is -0.895. The van der Waals surface area contributed by atoms with Gasteiger partial charge in [0.25, 0.3) is 5.56 Å². The van der Waals surface area contributed by atoms with Gasteiger partial charge >= 0.3 is 11.9 Å². The Morgan fingerprint density at radius 2 is 1.84 bits per heavy atom. The normalized spacial score (nSPS) is 14.5. The molecule has 0 saturated carbocycles. The lowest BCUT2D eigenvalue weighted by molar-refractivity contribution is -0.143. The number of aromatic nitrogens is 1. The fourth-order valence-corrected chi connectivity index (χ4v) is 6.18. The van der Waals surface area contributed by atoms with Crippen LogP contribution >= 0.6 is 34.5 Å². The van der Waals surface area contributed by atoms with Gasteiger partial charge in [-0.05, 0) is 68.8 Å². The fraction of sp³-hybridized carbons (Fsp3) is 0.250. The van der Waals surface area contributed by atoms with Gasteiger partial charge in [-0.2, -0.15) is 0 Å². The number of carbonyl (C=O) groups is 2. The van der Waals surface area contributed by atoms with Crippen LogP contribution < -0.4 is 24.4 Å². The Morgan fingerprint density at radius 1 is 1.04 bits per heavy atom. The first-order chi connectivity index (χ1) is 21.6. The molecule has 0 fully saturated rings. The Kier molecular flexibility index (Phi) is 9.81. The largest absolute Gasteiger partial charge is 0.490 e. The summed E-state index contributed by atoms with van der Waals surface area (Å²) in [4.78, 5) is 44.0. The highest BCUT2D eigenvalue weighted by atomic mass is 35.5. The van der Waals surface area contributed by atoms with Crippen molar-refractivity contribution in [3.05, 3.63) is 101 Å². The summed E-state index contributed by atoms with van der Waals surface area (Å²) in [5.41, 5.74) is 1.39. The molecule has 5 rings (SSSR count). The Bertz CT molecular complexity index is 1990. The molecule has 3 heterocycles. The number of nitrogens with zero attached hydrogens (tertiary/aromatic N) is 2. The number of fused-ring (bicyclic) bond motifs is 1. The summed E-state index contributed by atoms with van der Waals surface area (Å²) >= 11 is 13.7. The molecular formula is C32H28Cl2N2O8S. The predicted octanol–water partition coefficient (Wildman–Crippen LogP) is 5.32. The Morgan fingerprint density at radius 3 is 2.58 bits per heavy atom. The summed E-state index contributed by atoms with van der Waals surface area (Å²) in [7, 11) is 1.26. The quantitative estimate of drug-likeness (QED) is 0.208. The van der Waals surface area contributed by atoms with Crippen molar-refractivity contribution < 1.29 is 33.0 Å². The Balaban J connectivity index is 1.62. The molecule has 1 aliphatic heterocycles. The molecule has 0 radical (unpaired) electrons. The van der Waals surface area contributed by atoms with Gasteiger partial charge < -0.3 is 23.4 Å². The van der Waals surface area contributed by atoms with Crippen LogP contribution in [-0.4, -0.2) is 43.4 Å². The van der Waals surface area contributed by atoms with Crippen molar-refractivity contribution in [2.75, 3.05) is 26.9 Å². The number of hydrogen-bond acceptors (Lipinski definition) is 10. The molecule has 0 spiro atoms. The summed E-state index contributed by atoms with van der Waals surface area (Å²) in [6, 6.07) is 12.6. The molecule has 1 atom stereocenters. The molecule has 0 unspecified atom stereocenters. The third-order valence-corrected chi connectivity index (χ3v) is 8.32. The number of esters is 2. The molecular weight excluding hydrogens is 643 g/mol. The molecule has 45 heavy (non-hydrogen) atoms. The summed E-state index contributed by atoms with van der Waals surface area (Å²) in [6.07, 6.45) is 1.61. The second-order valence-corrected chi connectivity index (χ2v) is 11.5. The second kappa shape index (κ2) is 13.8. The van der Waals surface area contributed by atoms with E-state index in [9.17, 15) is 14.4 Å². The van der Waals surface area contributed by atoms with E-state index < -0.39 is 18.0 Å². The van der Waals surface area contributed by atoms with E-state index in [2.05, 4.69) is 9.73 Å². The topological polar surface area (TPSA) is 119 Å². The number of rotatable bonds is 10. The average molecular weight is 672 g/mol. The van der Waals surface area contributed by atoms with Crippen molar-refractivity contribution in [3.8, 4) is 22.8 Å². The average Bonchev–Trinajstić information content (AvgIpc) is 3.60. The zero-order chi connectivity index (χ0) is 32.2. The van der Waals surface area contributed by atoms with Gasteiger partial charge in [-0.1, -0.05) is 40.6 Å². The monoisotopic (exact) mass is 670 g/mol. The van der Waals surface area contributed by atoms with Crippen LogP contribution in [0.5, 0.6) is 11.5 Å². The van der Waals surface area contributed by atoms with Crippen LogP contribution in [0.2, 0.25) is 10.0 Å². The van der Waals surface area contributed by atoms with Gasteiger partial charge in [0, 0.05) is 16.7 Å². The first-order valence-corrected chi connectivity index (χ1v) is 15.4. The molecule has 0 amide bonds. The highest BCUT2D eigenvalue weighted by Gasteiger charge is 2.34. The summed E-state index contributed by atoms with van der Waals surface area (Å²) in [5, 5.41) is 0.971. The molecule has 1 aliphatic rings. The first kappa shape index (κ1) is 32.1. The van der Waals surface area contributed by atoms with E-state index in [1.807, 2.05) is 0 Å². The molecule has 0 N–H and O–H groups in total. The van der Waals surface area contributed by atoms with Gasteiger partial charge in [-0.15, -0.1) is 0 Å². The van der Waals surface area contributed by atoms with E-state index in [0.717, 1.165) is 11.3 Å². The minimum absolute atomic E-state index is 0.134. The van der Waals surface area contributed by atoms with Crippen molar-refractivity contribution in [2.45, 2.75) is 26.8 Å². The van der Waals surface area contributed by atoms with E-state index in [1.54, 1.807) is 75.4 Å². The number of carbonyl (C=O) groups excluding carboxylic acids is 2. The maximum absolute atomic E-state index is 14.0. The molecule has 234 valence electrons. The van der Waals surface area contributed by atoms with Crippen LogP contribution in [0.1, 0.15) is 38.1 Å². The molecule has 2 aromatic carbocycles. The lowest BCUT2D eigenvalue weighted by Crippen LogP contribution is -2.40. The minimum Gasteiger partial charge on any atom is -0.490 e. The number of furan rings is 1. The van der Waals surface area contributed by atoms with Crippen LogP contribution in [-0.2, 0) is 19.1 Å². The molecule has 2 aromatic heterocycles. The zero-order valence-electron chi connectivity index (χ0n) is 24.7. The van der Waals surface area contributed by atoms with E-state index in [0.29, 0.717) is 65.8 Å². The van der Waals surface area contributed by atoms with Crippen LogP contribution in [0.4, 0.5) is 0 Å². The van der Waals surface area contributed by atoms with Crippen molar-refractivity contribution in [1.29, 1.82) is 0 Å². The Labute approximate surface area is 271 Å². The van der Waals surface area contributed by atoms with Gasteiger partial charge in [0.2, 0.25) is 0 Å². The van der Waals surface area contributed by atoms with E-state index in [1.165, 1.54) is 11.7 Å². The highest BCUT2D eigenvalue weighted by molar-refractivity contribution is 7.07. The number of ether oxygens (including phenoxy) is 4. The van der Waals surface area contributed by atoms with Crippen molar-refractivity contribution in [3.63, 3.8) is 0 Å². The summed E-state index contributed by atoms with van der Waals surface area (Å²) < 4.78 is 29.3. The number of benzene rings is 2. The van der Waals surface area contributed by atoms with Gasteiger partial charge in [-0.25, -0.2) is 14.6 Å². The number of methoxy groups -OCH3 is 1. The van der Waals surface area contributed by atoms with Gasteiger partial charge in [0.05, 0.1) is 47.2 Å². The van der Waals surface area contributed by atoms with Crippen LogP contribution in [0.15, 0.2) is 74.0 Å². The molecule has 13 heteroatoms. The number of halogens is 2. The number of thiazole rings is 1. The van der Waals surface area contributed by atoms with Crippen LogP contribution in [0.25, 0.3) is 17.4 Å². The number of allylic oxidation sites excluding steroid dienone is 1. The SMILES string of the molecule is CCOC(=O)C1=C(C)N=c2s/c(=C\c3ccc(-c4cc(Cl)ccc4Cl)o3)c(=O)n2[C@H]1c1ccc(OCC(=O)OC)c(OCC)c1. The lowest BCUT2D eigenvalue weighted by Gasteiger charge is -2.25. The standard InChI is InChI=1S/C32H28Cl2N2O8S/c1-5-41-25-13-18(7-11-24(25)43-16-27(37)40-4)29-28(31(39)42-6-2)17(3)35-32-36(29)30(38)26(45-32)15-20-9-12-23(44-20)21-14-19(33)8-10-22(21)34/h7-15,29H,5-6,16H2,1-4H3/b26-15-/t29-/m0/s1. The molecule has 0 aliphatic carbocycles. The zero-order valence-corrected chi connectivity index (χ0v) is 27.0. The fourth-order valence-electron chi connectivity index (χ4n) is 4.78. The summed E-state index contributed by atoms with van der Waals surface area (Å²) in [5.74, 6) is 0.354. The predicted molar refractivity (Wildman–Crippen MR) is 170 cm³/mol. The van der Waals surface area contributed by atoms with Gasteiger partial charge in [0.15, 0.2) is 22.9 Å². The van der Waals surface area contributed by atoms with Crippen molar-refractivity contribution in [1.82, 2.24) is 4.57 Å². The lowest BCUT2D eigenvalue weighted by atomic mass is 9.95. The highest BCUT2D eigenvalue weighted by Crippen LogP contribution is 2.37. The summed E-state index contributed by atoms with van der Waals surface area (Å²) in [6.45, 7) is 5.31. The maximum atomic E-state index is 14.0. The van der Waals surface area contributed by atoms with Crippen molar-refractivity contribution in [2.24, 2.45) is 4.99 Å². The van der Waals surface area contributed by atoms with Crippen LogP contribution in [0, 0.1) is 0 Å². The molecule has 4 aromatic rings. The Hall–Kier alpha value is -4.32. The van der Waals surface area contributed by atoms with Gasteiger partial charge in [0.1, 0.15) is 11.5 Å². The molecule has 0 bridgehead atoms. The van der Waals surface area contributed by atoms with Crippen molar-refractivity contribution >= 4 is 52.6 Å². The second-order valence-electron chi connectivity index (χ2n) is 9.63. The number of hydrogen-bond donors (Lipinski definition) is 0. The molecule has 10 nitrogen and oxygen atoms in total. The van der Waals surface area contributed by atoms with E-state index in [4.69, 9.17) is 41.8 Å². The van der Waals surface area contributed by atoms with E-state index in [-0.39, 0.29) is 24.3 Å². The third kappa shape index (κ3) is 6.70. The van der Waals surface area contributed by atoms with Crippen LogP contribution in [0.3, 0.4) is 0 Å². The smallest absolute Gasteiger partial charge is 0.343 e.